The van der Waals surface area contributed by atoms with E-state index in [1.165, 1.54) is 6.33 Å². The summed E-state index contributed by atoms with van der Waals surface area (Å²) in [5, 5.41) is 9.85. The van der Waals surface area contributed by atoms with Crippen LogP contribution in [0, 0.1) is 12.3 Å². The molecule has 1 saturated carbocycles. The molecular formula is C14H19ClN6O2S. The van der Waals surface area contributed by atoms with E-state index in [4.69, 9.17) is 16.7 Å². The first-order valence-corrected chi connectivity index (χ1v) is 9.73. The minimum atomic E-state index is -3.64. The zero-order valence-electron chi connectivity index (χ0n) is 13.2. The number of fused-ring (bicyclic) bond motifs is 1. The first-order chi connectivity index (χ1) is 11.3. The van der Waals surface area contributed by atoms with Crippen LogP contribution >= 0.6 is 11.6 Å². The van der Waals surface area contributed by atoms with Crippen molar-refractivity contribution in [1.82, 2.24) is 19.3 Å². The smallest absolute Gasteiger partial charge is 0.274 e. The molecule has 0 radical (unpaired) electrons. The summed E-state index contributed by atoms with van der Waals surface area (Å²) < 4.78 is 26.6. The lowest BCUT2D eigenvalue weighted by Crippen LogP contribution is -2.56. The van der Waals surface area contributed by atoms with E-state index in [9.17, 15) is 8.42 Å². The van der Waals surface area contributed by atoms with Crippen LogP contribution in [-0.2, 0) is 10.2 Å². The van der Waals surface area contributed by atoms with E-state index in [2.05, 4.69) is 19.7 Å². The highest BCUT2D eigenvalue weighted by atomic mass is 35.5. The van der Waals surface area contributed by atoms with E-state index in [1.54, 1.807) is 4.52 Å². The van der Waals surface area contributed by atoms with E-state index in [0.717, 1.165) is 49.2 Å². The molecule has 2 aromatic rings. The molecule has 8 nitrogen and oxygen atoms in total. The molecule has 4 rings (SSSR count). The fourth-order valence-electron chi connectivity index (χ4n) is 4.13. The van der Waals surface area contributed by atoms with Gasteiger partial charge in [0.15, 0.2) is 5.82 Å². The van der Waals surface area contributed by atoms with Crippen LogP contribution in [0.2, 0.25) is 5.15 Å². The third-order valence-electron chi connectivity index (χ3n) is 5.07. The first-order valence-electron chi connectivity index (χ1n) is 7.80. The lowest BCUT2D eigenvalue weighted by Gasteiger charge is -2.49. The number of rotatable bonds is 3. The van der Waals surface area contributed by atoms with Gasteiger partial charge in [-0.25, -0.2) is 14.6 Å². The van der Waals surface area contributed by atoms with Crippen molar-refractivity contribution in [2.75, 3.05) is 18.0 Å². The maximum absolute atomic E-state index is 11.2. The van der Waals surface area contributed by atoms with Crippen LogP contribution in [0.3, 0.4) is 0 Å². The van der Waals surface area contributed by atoms with Gasteiger partial charge in [0.2, 0.25) is 0 Å². The van der Waals surface area contributed by atoms with E-state index in [0.29, 0.717) is 5.15 Å². The fraction of sp³-hybridized carbons (Fsp3) is 0.571. The molecule has 10 heteroatoms. The van der Waals surface area contributed by atoms with Crippen molar-refractivity contribution in [3.05, 3.63) is 23.1 Å². The molecule has 2 fully saturated rings. The van der Waals surface area contributed by atoms with Gasteiger partial charge in [-0.2, -0.15) is 18.2 Å². The predicted octanol–water partition coefficient (Wildman–Crippen LogP) is 0.843. The number of halogens is 1. The van der Waals surface area contributed by atoms with Crippen molar-refractivity contribution < 1.29 is 8.42 Å². The molecule has 3 heterocycles. The summed E-state index contributed by atoms with van der Waals surface area (Å²) in [6.07, 6.45) is 4.12. The van der Waals surface area contributed by atoms with Crippen LogP contribution in [0.15, 0.2) is 12.4 Å². The Morgan fingerprint density at radius 1 is 1.46 bits per heavy atom. The quantitative estimate of drug-likeness (QED) is 0.832. The SMILES string of the molecule is Cc1cc(Cl)n2ncnc(N3CC4(CCC(NS(N)(=O)=O)C4)C3)c12. The molecule has 0 bridgehead atoms. The van der Waals surface area contributed by atoms with E-state index < -0.39 is 10.2 Å². The van der Waals surface area contributed by atoms with Gasteiger partial charge in [0.05, 0.1) is 0 Å². The molecule has 1 spiro atoms. The average Bonchev–Trinajstić information content (AvgIpc) is 2.98. The molecule has 1 atom stereocenters. The molecule has 0 aromatic carbocycles. The van der Waals surface area contributed by atoms with Crippen molar-refractivity contribution in [1.29, 1.82) is 0 Å². The highest BCUT2D eigenvalue weighted by molar-refractivity contribution is 7.87. The Bertz CT molecular complexity index is 905. The van der Waals surface area contributed by atoms with E-state index in [-0.39, 0.29) is 11.5 Å². The van der Waals surface area contributed by atoms with Crippen molar-refractivity contribution in [3.8, 4) is 0 Å². The second kappa shape index (κ2) is 5.29. The minimum absolute atomic E-state index is 0.0722. The average molecular weight is 371 g/mol. The summed E-state index contributed by atoms with van der Waals surface area (Å²) in [7, 11) is -3.64. The summed E-state index contributed by atoms with van der Waals surface area (Å²) in [5.74, 6) is 0.878. The largest absolute Gasteiger partial charge is 0.354 e. The molecule has 3 N–H and O–H groups in total. The topological polar surface area (TPSA) is 106 Å². The normalized spacial score (nSPS) is 23.1. The Kier molecular flexibility index (Phi) is 3.54. The number of hydrogen-bond acceptors (Lipinski definition) is 5. The standard InChI is InChI=1S/C14H19ClN6O2S/c1-9-4-11(15)21-12(9)13(17-8-18-21)20-6-14(7-20)3-2-10(5-14)19-24(16,22)23/h4,8,10,19H,2-3,5-7H2,1H3,(H2,16,22,23). The summed E-state index contributed by atoms with van der Waals surface area (Å²) in [6.45, 7) is 3.70. The molecule has 130 valence electrons. The number of nitrogens with one attached hydrogen (secondary N) is 1. The van der Waals surface area contributed by atoms with Gasteiger partial charge < -0.3 is 4.90 Å². The molecule has 1 aliphatic carbocycles. The number of hydrogen-bond donors (Lipinski definition) is 2. The highest BCUT2D eigenvalue weighted by Crippen LogP contribution is 2.47. The van der Waals surface area contributed by atoms with Crippen molar-refractivity contribution >= 4 is 33.1 Å². The minimum Gasteiger partial charge on any atom is -0.354 e. The molecule has 1 saturated heterocycles. The van der Waals surface area contributed by atoms with Crippen molar-refractivity contribution in [3.63, 3.8) is 0 Å². The zero-order valence-corrected chi connectivity index (χ0v) is 14.8. The van der Waals surface area contributed by atoms with Gasteiger partial charge in [-0.05, 0) is 37.8 Å². The second-order valence-corrected chi connectivity index (χ2v) is 8.67. The van der Waals surface area contributed by atoms with Gasteiger partial charge in [0, 0.05) is 24.5 Å². The Balaban J connectivity index is 1.53. The highest BCUT2D eigenvalue weighted by Gasteiger charge is 2.49. The van der Waals surface area contributed by atoms with Crippen LogP contribution in [-0.4, -0.2) is 42.1 Å². The van der Waals surface area contributed by atoms with Crippen molar-refractivity contribution in [2.45, 2.75) is 32.2 Å². The number of aryl methyl sites for hydroxylation is 1. The van der Waals surface area contributed by atoms with Gasteiger partial charge in [-0.3, -0.25) is 0 Å². The lowest BCUT2D eigenvalue weighted by atomic mass is 9.78. The van der Waals surface area contributed by atoms with Crippen LogP contribution < -0.4 is 14.8 Å². The molecule has 1 unspecified atom stereocenters. The second-order valence-electron chi connectivity index (χ2n) is 6.95. The molecule has 2 aliphatic rings. The van der Waals surface area contributed by atoms with Gasteiger partial charge in [-0.1, -0.05) is 11.6 Å². The summed E-state index contributed by atoms with van der Waals surface area (Å²) in [4.78, 5) is 6.65. The molecule has 2 aromatic heterocycles. The van der Waals surface area contributed by atoms with Crippen LogP contribution in [0.25, 0.3) is 5.52 Å². The van der Waals surface area contributed by atoms with Gasteiger partial charge in [0.25, 0.3) is 10.2 Å². The Hall–Kier alpha value is -1.42. The van der Waals surface area contributed by atoms with Crippen LogP contribution in [0.4, 0.5) is 5.82 Å². The summed E-state index contributed by atoms with van der Waals surface area (Å²) in [6, 6.07) is 1.81. The first kappa shape index (κ1) is 16.1. The number of anilines is 1. The van der Waals surface area contributed by atoms with Crippen LogP contribution in [0.5, 0.6) is 0 Å². The third-order valence-corrected chi connectivity index (χ3v) is 6.00. The fourth-order valence-corrected chi connectivity index (χ4v) is 5.09. The van der Waals surface area contributed by atoms with Crippen molar-refractivity contribution in [2.24, 2.45) is 10.6 Å². The predicted molar refractivity (Wildman–Crippen MR) is 91.3 cm³/mol. The molecular weight excluding hydrogens is 352 g/mol. The molecule has 0 amide bonds. The Labute approximate surface area is 145 Å². The Morgan fingerprint density at radius 3 is 2.92 bits per heavy atom. The Morgan fingerprint density at radius 2 is 2.21 bits per heavy atom. The number of nitrogens with zero attached hydrogens (tertiary/aromatic N) is 4. The number of nitrogens with two attached hydrogens (primary N) is 1. The maximum atomic E-state index is 11.2. The van der Waals surface area contributed by atoms with E-state index >= 15 is 0 Å². The molecule has 1 aliphatic heterocycles. The van der Waals surface area contributed by atoms with Gasteiger partial charge in [-0.15, -0.1) is 0 Å². The monoisotopic (exact) mass is 370 g/mol. The summed E-state index contributed by atoms with van der Waals surface area (Å²) >= 11 is 6.19. The van der Waals surface area contributed by atoms with Gasteiger partial charge >= 0.3 is 0 Å². The maximum Gasteiger partial charge on any atom is 0.274 e. The number of aromatic nitrogens is 3. The zero-order chi connectivity index (χ0) is 17.1. The van der Waals surface area contributed by atoms with Crippen LogP contribution in [0.1, 0.15) is 24.8 Å². The van der Waals surface area contributed by atoms with Gasteiger partial charge in [0.1, 0.15) is 17.0 Å². The van der Waals surface area contributed by atoms with E-state index in [1.807, 2.05) is 13.0 Å². The summed E-state index contributed by atoms with van der Waals surface area (Å²) in [5.41, 5.74) is 2.10. The third kappa shape index (κ3) is 2.65. The lowest BCUT2D eigenvalue weighted by molar-refractivity contribution is 0.216. The molecule has 24 heavy (non-hydrogen) atoms.